The number of amides is 1. The lowest BCUT2D eigenvalue weighted by molar-refractivity contribution is -0.119. The molecule has 12 heavy (non-hydrogen) atoms. The number of carbonyl (C=O) groups is 1. The van der Waals surface area contributed by atoms with E-state index in [0.29, 0.717) is 6.42 Å². The molecule has 0 aromatic carbocycles. The fourth-order valence-electron chi connectivity index (χ4n) is 1.60. The molecule has 0 aromatic rings. The van der Waals surface area contributed by atoms with Gasteiger partial charge in [-0.05, 0) is 19.9 Å². The van der Waals surface area contributed by atoms with Crippen LogP contribution in [0.25, 0.3) is 0 Å². The van der Waals surface area contributed by atoms with Gasteiger partial charge in [0.1, 0.15) is 0 Å². The first-order valence-electron chi connectivity index (χ1n) is 4.57. The van der Waals surface area contributed by atoms with E-state index >= 15 is 0 Å². The molecule has 1 unspecified atom stereocenters. The standard InChI is InChI=1S/C9H20N2O/c1-4-6-9(3,11-5-2)7-8(10)12/h11H,4-7H2,1-3H3,(H2,10,12). The second-order valence-corrected chi connectivity index (χ2v) is 3.48. The molecule has 0 saturated carbocycles. The molecule has 3 heteroatoms. The minimum Gasteiger partial charge on any atom is -0.370 e. The van der Waals surface area contributed by atoms with Gasteiger partial charge < -0.3 is 11.1 Å². The molecule has 0 aromatic heterocycles. The first-order chi connectivity index (χ1) is 5.54. The highest BCUT2D eigenvalue weighted by molar-refractivity contribution is 5.75. The summed E-state index contributed by atoms with van der Waals surface area (Å²) >= 11 is 0. The van der Waals surface area contributed by atoms with E-state index in [0.717, 1.165) is 19.4 Å². The van der Waals surface area contributed by atoms with Gasteiger partial charge in [-0.2, -0.15) is 0 Å². The zero-order valence-corrected chi connectivity index (χ0v) is 8.31. The van der Waals surface area contributed by atoms with E-state index in [4.69, 9.17) is 5.73 Å². The highest BCUT2D eigenvalue weighted by atomic mass is 16.1. The molecule has 0 radical (unpaired) electrons. The summed E-state index contributed by atoms with van der Waals surface area (Å²) in [6.45, 7) is 7.07. The number of nitrogens with two attached hydrogens (primary N) is 1. The molecule has 0 fully saturated rings. The van der Waals surface area contributed by atoms with Gasteiger partial charge in [0.2, 0.25) is 5.91 Å². The van der Waals surface area contributed by atoms with Crippen molar-refractivity contribution in [1.82, 2.24) is 5.32 Å². The Hall–Kier alpha value is -0.570. The van der Waals surface area contributed by atoms with Gasteiger partial charge in [0, 0.05) is 12.0 Å². The summed E-state index contributed by atoms with van der Waals surface area (Å²) in [5.41, 5.74) is 5.06. The lowest BCUT2D eigenvalue weighted by Gasteiger charge is -2.28. The quantitative estimate of drug-likeness (QED) is 0.628. The van der Waals surface area contributed by atoms with E-state index in [2.05, 4.69) is 12.2 Å². The molecule has 0 aliphatic carbocycles. The molecule has 0 bridgehead atoms. The number of nitrogens with one attached hydrogen (secondary N) is 1. The van der Waals surface area contributed by atoms with Gasteiger partial charge in [0.15, 0.2) is 0 Å². The van der Waals surface area contributed by atoms with Gasteiger partial charge in [0.05, 0.1) is 0 Å². The summed E-state index contributed by atoms with van der Waals surface area (Å²) in [7, 11) is 0. The smallest absolute Gasteiger partial charge is 0.219 e. The Morgan fingerprint density at radius 1 is 1.50 bits per heavy atom. The summed E-state index contributed by atoms with van der Waals surface area (Å²) in [4.78, 5) is 10.7. The molecule has 0 aliphatic heterocycles. The van der Waals surface area contributed by atoms with Crippen molar-refractivity contribution in [3.63, 3.8) is 0 Å². The van der Waals surface area contributed by atoms with Crippen LogP contribution in [0.15, 0.2) is 0 Å². The normalized spacial score (nSPS) is 15.6. The number of rotatable bonds is 6. The largest absolute Gasteiger partial charge is 0.370 e. The monoisotopic (exact) mass is 172 g/mol. The van der Waals surface area contributed by atoms with Crippen molar-refractivity contribution in [2.24, 2.45) is 5.73 Å². The van der Waals surface area contributed by atoms with Crippen molar-refractivity contribution in [2.75, 3.05) is 6.54 Å². The van der Waals surface area contributed by atoms with E-state index < -0.39 is 0 Å². The van der Waals surface area contributed by atoms with Gasteiger partial charge in [-0.25, -0.2) is 0 Å². The Kier molecular flexibility index (Phi) is 4.90. The Morgan fingerprint density at radius 3 is 2.42 bits per heavy atom. The van der Waals surface area contributed by atoms with Crippen LogP contribution in [-0.2, 0) is 4.79 Å². The van der Waals surface area contributed by atoms with Crippen LogP contribution in [0, 0.1) is 0 Å². The third-order valence-corrected chi connectivity index (χ3v) is 1.97. The second kappa shape index (κ2) is 5.14. The maximum absolute atomic E-state index is 10.7. The predicted molar refractivity (Wildman–Crippen MR) is 50.8 cm³/mol. The maximum atomic E-state index is 10.7. The minimum atomic E-state index is -0.230. The summed E-state index contributed by atoms with van der Waals surface area (Å²) in [6.07, 6.45) is 2.48. The molecule has 0 heterocycles. The van der Waals surface area contributed by atoms with E-state index in [-0.39, 0.29) is 11.4 Å². The number of hydrogen-bond acceptors (Lipinski definition) is 2. The molecule has 72 valence electrons. The van der Waals surface area contributed by atoms with Crippen LogP contribution in [0.1, 0.15) is 40.0 Å². The van der Waals surface area contributed by atoms with Crippen LogP contribution in [0.2, 0.25) is 0 Å². The predicted octanol–water partition coefficient (Wildman–Crippen LogP) is 1.03. The van der Waals surface area contributed by atoms with Crippen LogP contribution >= 0.6 is 0 Å². The highest BCUT2D eigenvalue weighted by Gasteiger charge is 2.23. The summed E-state index contributed by atoms with van der Waals surface area (Å²) in [6, 6.07) is 0. The lowest BCUT2D eigenvalue weighted by atomic mass is 9.92. The van der Waals surface area contributed by atoms with E-state index in [1.165, 1.54) is 0 Å². The fraction of sp³-hybridized carbons (Fsp3) is 0.889. The molecular weight excluding hydrogens is 152 g/mol. The van der Waals surface area contributed by atoms with E-state index in [1.807, 2.05) is 13.8 Å². The van der Waals surface area contributed by atoms with Gasteiger partial charge in [-0.15, -0.1) is 0 Å². The Balaban J connectivity index is 4.07. The minimum absolute atomic E-state index is 0.102. The zero-order valence-electron chi connectivity index (χ0n) is 8.31. The van der Waals surface area contributed by atoms with Crippen molar-refractivity contribution in [1.29, 1.82) is 0 Å². The molecule has 0 rings (SSSR count). The molecule has 0 saturated heterocycles. The Labute approximate surface area is 74.7 Å². The van der Waals surface area contributed by atoms with Crippen molar-refractivity contribution >= 4 is 5.91 Å². The zero-order chi connectivity index (χ0) is 9.61. The topological polar surface area (TPSA) is 55.1 Å². The van der Waals surface area contributed by atoms with Crippen LogP contribution in [0.3, 0.4) is 0 Å². The Bertz CT molecular complexity index is 139. The van der Waals surface area contributed by atoms with Crippen molar-refractivity contribution in [3.05, 3.63) is 0 Å². The number of primary amides is 1. The average Bonchev–Trinajstić information content (AvgIpc) is 1.85. The molecule has 0 aliphatic rings. The van der Waals surface area contributed by atoms with Crippen LogP contribution in [0.4, 0.5) is 0 Å². The van der Waals surface area contributed by atoms with Crippen molar-refractivity contribution < 1.29 is 4.79 Å². The maximum Gasteiger partial charge on any atom is 0.219 e. The van der Waals surface area contributed by atoms with Crippen LogP contribution in [0.5, 0.6) is 0 Å². The van der Waals surface area contributed by atoms with Gasteiger partial charge in [0.25, 0.3) is 0 Å². The second-order valence-electron chi connectivity index (χ2n) is 3.48. The van der Waals surface area contributed by atoms with Crippen molar-refractivity contribution in [2.45, 2.75) is 45.6 Å². The summed E-state index contributed by atoms with van der Waals surface area (Å²) < 4.78 is 0. The van der Waals surface area contributed by atoms with E-state index in [9.17, 15) is 4.79 Å². The van der Waals surface area contributed by atoms with Crippen LogP contribution in [-0.4, -0.2) is 18.0 Å². The molecule has 1 amide bonds. The molecular formula is C9H20N2O. The Morgan fingerprint density at radius 2 is 2.08 bits per heavy atom. The van der Waals surface area contributed by atoms with E-state index in [1.54, 1.807) is 0 Å². The first-order valence-corrected chi connectivity index (χ1v) is 4.57. The number of carbonyl (C=O) groups excluding carboxylic acids is 1. The molecule has 3 N–H and O–H groups in total. The van der Waals surface area contributed by atoms with Gasteiger partial charge >= 0.3 is 0 Å². The third kappa shape index (κ3) is 4.34. The summed E-state index contributed by atoms with van der Waals surface area (Å²) in [5, 5.41) is 3.29. The molecule has 0 spiro atoms. The van der Waals surface area contributed by atoms with Gasteiger partial charge in [-0.1, -0.05) is 20.3 Å². The summed E-state index contributed by atoms with van der Waals surface area (Å²) in [5.74, 6) is -0.230. The van der Waals surface area contributed by atoms with Crippen molar-refractivity contribution in [3.8, 4) is 0 Å². The number of hydrogen-bond donors (Lipinski definition) is 2. The third-order valence-electron chi connectivity index (χ3n) is 1.97. The fourth-order valence-corrected chi connectivity index (χ4v) is 1.60. The highest BCUT2D eigenvalue weighted by Crippen LogP contribution is 2.15. The molecule has 3 nitrogen and oxygen atoms in total. The lowest BCUT2D eigenvalue weighted by Crippen LogP contribution is -2.45. The molecule has 1 atom stereocenters. The average molecular weight is 172 g/mol. The van der Waals surface area contributed by atoms with Gasteiger partial charge in [-0.3, -0.25) is 4.79 Å². The van der Waals surface area contributed by atoms with Crippen LogP contribution < -0.4 is 11.1 Å². The first kappa shape index (κ1) is 11.4. The SMILES string of the molecule is CCCC(C)(CC(N)=O)NCC.